The summed E-state index contributed by atoms with van der Waals surface area (Å²) < 4.78 is 19.0. The van der Waals surface area contributed by atoms with E-state index in [-0.39, 0.29) is 5.82 Å². The third-order valence-electron chi connectivity index (χ3n) is 3.04. The number of ether oxygens (including phenoxy) is 1. The number of nitrogens with zero attached hydrogens (tertiary/aromatic N) is 1. The Bertz CT molecular complexity index is 644. The van der Waals surface area contributed by atoms with Gasteiger partial charge in [0.2, 0.25) is 0 Å². The van der Waals surface area contributed by atoms with Gasteiger partial charge < -0.3 is 4.74 Å². The lowest BCUT2D eigenvalue weighted by molar-refractivity contribution is 0.411. The molecule has 3 heteroatoms. The largest absolute Gasteiger partial charge is 0.497 e. The highest BCUT2D eigenvalue weighted by atomic mass is 19.1. The van der Waals surface area contributed by atoms with Crippen molar-refractivity contribution >= 4 is 0 Å². The molecule has 96 valence electrons. The normalized spacial score (nSPS) is 10.0. The average molecular weight is 255 g/mol. The van der Waals surface area contributed by atoms with Crippen LogP contribution in [0.2, 0.25) is 0 Å². The molecule has 2 rings (SSSR count). The number of hydrogen-bond acceptors (Lipinski definition) is 2. The van der Waals surface area contributed by atoms with Gasteiger partial charge >= 0.3 is 0 Å². The molecule has 0 unspecified atom stereocenters. The maximum absolute atomic E-state index is 14.0. The van der Waals surface area contributed by atoms with Crippen molar-refractivity contribution < 1.29 is 9.13 Å². The lowest BCUT2D eigenvalue weighted by atomic mass is 9.97. The van der Waals surface area contributed by atoms with Crippen molar-refractivity contribution in [2.24, 2.45) is 0 Å². The summed E-state index contributed by atoms with van der Waals surface area (Å²) in [5.74, 6) is 0.190. The molecule has 2 aromatic rings. The van der Waals surface area contributed by atoms with Crippen molar-refractivity contribution in [2.45, 2.75) is 13.3 Å². The van der Waals surface area contributed by atoms with Crippen LogP contribution in [0.3, 0.4) is 0 Å². The third kappa shape index (κ3) is 2.74. The van der Waals surface area contributed by atoms with Gasteiger partial charge in [-0.3, -0.25) is 0 Å². The Labute approximate surface area is 112 Å². The minimum absolute atomic E-state index is 0.310. The summed E-state index contributed by atoms with van der Waals surface area (Å²) in [6, 6.07) is 12.6. The Morgan fingerprint density at radius 2 is 1.89 bits per heavy atom. The van der Waals surface area contributed by atoms with Crippen molar-refractivity contribution in [3.63, 3.8) is 0 Å². The second-order valence-corrected chi connectivity index (χ2v) is 4.33. The number of nitriles is 1. The maximum Gasteiger partial charge on any atom is 0.134 e. The van der Waals surface area contributed by atoms with Crippen molar-refractivity contribution in [1.82, 2.24) is 0 Å². The number of halogens is 1. The van der Waals surface area contributed by atoms with Gasteiger partial charge in [0.1, 0.15) is 11.6 Å². The third-order valence-corrected chi connectivity index (χ3v) is 3.04. The van der Waals surface area contributed by atoms with Crippen LogP contribution in [0.4, 0.5) is 4.39 Å². The highest BCUT2D eigenvalue weighted by Gasteiger charge is 2.09. The summed E-state index contributed by atoms with van der Waals surface area (Å²) in [4.78, 5) is 0. The van der Waals surface area contributed by atoms with E-state index in [1.807, 2.05) is 25.1 Å². The number of benzene rings is 2. The standard InChI is InChI=1S/C16H14FNO/c1-11-9-12(7-8-18)3-5-14(11)15-6-4-13(19-2)10-16(15)17/h3-6,9-10H,7H2,1-2H3. The summed E-state index contributed by atoms with van der Waals surface area (Å²) in [5.41, 5.74) is 3.28. The highest BCUT2D eigenvalue weighted by Crippen LogP contribution is 2.29. The first-order valence-electron chi connectivity index (χ1n) is 5.96. The van der Waals surface area contributed by atoms with Gasteiger partial charge in [-0.15, -0.1) is 0 Å². The topological polar surface area (TPSA) is 33.0 Å². The fraction of sp³-hybridized carbons (Fsp3) is 0.188. The predicted octanol–water partition coefficient (Wildman–Crippen LogP) is 3.88. The zero-order valence-electron chi connectivity index (χ0n) is 10.9. The Hall–Kier alpha value is -2.34. The van der Waals surface area contributed by atoms with Gasteiger partial charge in [0.05, 0.1) is 19.6 Å². The first-order valence-corrected chi connectivity index (χ1v) is 5.96. The van der Waals surface area contributed by atoms with Crippen molar-refractivity contribution in [3.05, 3.63) is 53.3 Å². The Morgan fingerprint density at radius 3 is 2.47 bits per heavy atom. The zero-order valence-corrected chi connectivity index (χ0v) is 10.9. The minimum atomic E-state index is -0.310. The number of rotatable bonds is 3. The molecule has 0 atom stereocenters. The molecule has 0 spiro atoms. The molecule has 2 aromatic carbocycles. The van der Waals surface area contributed by atoms with E-state index in [0.29, 0.717) is 17.7 Å². The number of methoxy groups -OCH3 is 1. The molecule has 0 aliphatic carbocycles. The average Bonchev–Trinajstić information content (AvgIpc) is 2.40. The lowest BCUT2D eigenvalue weighted by Gasteiger charge is -2.10. The fourth-order valence-electron chi connectivity index (χ4n) is 2.07. The van der Waals surface area contributed by atoms with E-state index in [0.717, 1.165) is 16.7 Å². The maximum atomic E-state index is 14.0. The number of aryl methyl sites for hydroxylation is 1. The van der Waals surface area contributed by atoms with E-state index in [2.05, 4.69) is 6.07 Å². The van der Waals surface area contributed by atoms with Gasteiger partial charge in [0.15, 0.2) is 0 Å². The van der Waals surface area contributed by atoms with Gasteiger partial charge in [-0.05, 0) is 35.7 Å². The van der Waals surface area contributed by atoms with Crippen LogP contribution < -0.4 is 4.74 Å². The Morgan fingerprint density at radius 1 is 1.16 bits per heavy atom. The van der Waals surface area contributed by atoms with E-state index >= 15 is 0 Å². The lowest BCUT2D eigenvalue weighted by Crippen LogP contribution is -1.92. The van der Waals surface area contributed by atoms with Gasteiger partial charge in [0.25, 0.3) is 0 Å². The molecule has 0 amide bonds. The van der Waals surface area contributed by atoms with Crippen molar-refractivity contribution in [3.8, 4) is 22.9 Å². The first kappa shape index (κ1) is 13.1. The van der Waals surface area contributed by atoms with Crippen LogP contribution in [-0.4, -0.2) is 7.11 Å². The monoisotopic (exact) mass is 255 g/mol. The Kier molecular flexibility index (Phi) is 3.82. The molecule has 0 bridgehead atoms. The van der Waals surface area contributed by atoms with Crippen LogP contribution in [-0.2, 0) is 6.42 Å². The molecule has 0 fully saturated rings. The first-order chi connectivity index (χ1) is 9.15. The molecule has 0 heterocycles. The van der Waals surface area contributed by atoms with Crippen LogP contribution in [0.5, 0.6) is 5.75 Å². The quantitative estimate of drug-likeness (QED) is 0.834. The summed E-state index contributed by atoms with van der Waals surface area (Å²) in [6.07, 6.45) is 0.367. The summed E-state index contributed by atoms with van der Waals surface area (Å²) in [7, 11) is 1.51. The molecule has 2 nitrogen and oxygen atoms in total. The molecular formula is C16H14FNO. The summed E-state index contributed by atoms with van der Waals surface area (Å²) >= 11 is 0. The molecule has 0 aliphatic heterocycles. The Balaban J connectivity index is 2.45. The molecule has 19 heavy (non-hydrogen) atoms. The molecule has 0 aliphatic rings. The zero-order chi connectivity index (χ0) is 13.8. The molecular weight excluding hydrogens is 241 g/mol. The van der Waals surface area contributed by atoms with Gasteiger partial charge in [-0.1, -0.05) is 18.2 Å². The van der Waals surface area contributed by atoms with E-state index in [4.69, 9.17) is 10.00 Å². The SMILES string of the molecule is COc1ccc(-c2ccc(CC#N)cc2C)c(F)c1. The van der Waals surface area contributed by atoms with E-state index < -0.39 is 0 Å². The molecule has 0 saturated carbocycles. The van der Waals surface area contributed by atoms with Crippen LogP contribution in [0.25, 0.3) is 11.1 Å². The van der Waals surface area contributed by atoms with Crippen LogP contribution >= 0.6 is 0 Å². The van der Waals surface area contributed by atoms with Crippen LogP contribution in [0.15, 0.2) is 36.4 Å². The smallest absolute Gasteiger partial charge is 0.134 e. The summed E-state index contributed by atoms with van der Waals surface area (Å²) in [5, 5.41) is 8.67. The summed E-state index contributed by atoms with van der Waals surface area (Å²) in [6.45, 7) is 1.92. The van der Waals surface area contributed by atoms with E-state index in [9.17, 15) is 4.39 Å². The van der Waals surface area contributed by atoms with Crippen molar-refractivity contribution in [1.29, 1.82) is 5.26 Å². The van der Waals surface area contributed by atoms with E-state index in [1.54, 1.807) is 12.1 Å². The van der Waals surface area contributed by atoms with Gasteiger partial charge in [-0.25, -0.2) is 4.39 Å². The van der Waals surface area contributed by atoms with Crippen molar-refractivity contribution in [2.75, 3.05) is 7.11 Å². The predicted molar refractivity (Wildman–Crippen MR) is 72.4 cm³/mol. The van der Waals surface area contributed by atoms with Crippen LogP contribution in [0.1, 0.15) is 11.1 Å². The van der Waals surface area contributed by atoms with Gasteiger partial charge in [-0.2, -0.15) is 5.26 Å². The molecule has 0 saturated heterocycles. The van der Waals surface area contributed by atoms with E-state index in [1.165, 1.54) is 13.2 Å². The van der Waals surface area contributed by atoms with Gasteiger partial charge in [0, 0.05) is 11.6 Å². The molecule has 0 N–H and O–H groups in total. The molecule has 0 aromatic heterocycles. The minimum Gasteiger partial charge on any atom is -0.497 e. The number of hydrogen-bond donors (Lipinski definition) is 0. The second-order valence-electron chi connectivity index (χ2n) is 4.33. The fourth-order valence-corrected chi connectivity index (χ4v) is 2.07. The second kappa shape index (κ2) is 5.53. The highest BCUT2D eigenvalue weighted by molar-refractivity contribution is 5.69. The molecule has 0 radical (unpaired) electrons. The van der Waals surface area contributed by atoms with Crippen LogP contribution in [0, 0.1) is 24.1 Å².